The van der Waals surface area contributed by atoms with Gasteiger partial charge in [-0.3, -0.25) is 4.90 Å². The number of nitrogens with zero attached hydrogens (tertiary/aromatic N) is 2. The van der Waals surface area contributed by atoms with Crippen molar-refractivity contribution in [3.8, 4) is 0 Å². The van der Waals surface area contributed by atoms with Crippen LogP contribution in [0.3, 0.4) is 0 Å². The second kappa shape index (κ2) is 5.17. The zero-order valence-electron chi connectivity index (χ0n) is 13.2. The number of alkyl halides is 1. The van der Waals surface area contributed by atoms with Crippen LogP contribution in [0.5, 0.6) is 0 Å². The summed E-state index contributed by atoms with van der Waals surface area (Å²) in [5.41, 5.74) is -1.66. The number of piperazine rings is 1. The number of hydrogen-bond acceptors (Lipinski definition) is 4. The number of amides is 2. The van der Waals surface area contributed by atoms with E-state index in [4.69, 9.17) is 9.47 Å². The summed E-state index contributed by atoms with van der Waals surface area (Å²) in [7, 11) is 0. The van der Waals surface area contributed by atoms with Gasteiger partial charge in [-0.25, -0.2) is 9.59 Å². The highest BCUT2D eigenvalue weighted by atomic mass is 127. The molecule has 120 valence electrons. The summed E-state index contributed by atoms with van der Waals surface area (Å²) in [6.45, 7) is 10.7. The van der Waals surface area contributed by atoms with Crippen molar-refractivity contribution < 1.29 is 19.1 Å². The van der Waals surface area contributed by atoms with E-state index in [2.05, 4.69) is 22.6 Å². The fraction of sp³-hybridized carbons (Fsp3) is 0.857. The van der Waals surface area contributed by atoms with Gasteiger partial charge in [0, 0.05) is 17.5 Å². The maximum atomic E-state index is 12.3. The monoisotopic (exact) mass is 410 g/mol. The first kappa shape index (κ1) is 16.6. The molecule has 0 aromatic heterocycles. The molecular weight excluding hydrogens is 387 g/mol. The van der Waals surface area contributed by atoms with Crippen LogP contribution < -0.4 is 0 Å². The molecule has 2 fully saturated rings. The molecule has 6 nitrogen and oxygen atoms in total. The number of cyclic esters (lactones) is 1. The molecule has 2 heterocycles. The molecule has 0 aliphatic carbocycles. The van der Waals surface area contributed by atoms with Crippen LogP contribution in [-0.2, 0) is 9.47 Å². The van der Waals surface area contributed by atoms with Crippen molar-refractivity contribution in [1.82, 2.24) is 9.80 Å². The molecule has 2 aliphatic heterocycles. The van der Waals surface area contributed by atoms with Gasteiger partial charge in [-0.2, -0.15) is 0 Å². The third-order valence-electron chi connectivity index (χ3n) is 4.12. The molecule has 0 radical (unpaired) electrons. The smallest absolute Gasteiger partial charge is 0.411 e. The van der Waals surface area contributed by atoms with Crippen molar-refractivity contribution in [3.05, 3.63) is 0 Å². The predicted octanol–water partition coefficient (Wildman–Crippen LogP) is 2.64. The standard InChI is InChI=1S/C14H23IN2O4/c1-12(2,3)20-10(18)16-6-7-17-11(19)21-13(4,5)14(17,8-15)9-16/h6-9H2,1-5H3. The van der Waals surface area contributed by atoms with E-state index >= 15 is 0 Å². The van der Waals surface area contributed by atoms with E-state index in [-0.39, 0.29) is 12.2 Å². The third-order valence-corrected chi connectivity index (χ3v) is 5.38. The summed E-state index contributed by atoms with van der Waals surface area (Å²) in [4.78, 5) is 27.8. The summed E-state index contributed by atoms with van der Waals surface area (Å²) < 4.78 is 11.7. The molecule has 2 rings (SSSR count). The molecule has 1 unspecified atom stereocenters. The Morgan fingerprint density at radius 3 is 2.52 bits per heavy atom. The number of hydrogen-bond donors (Lipinski definition) is 0. The number of carbonyl (C=O) groups is 2. The highest BCUT2D eigenvalue weighted by Crippen LogP contribution is 2.43. The molecule has 0 spiro atoms. The van der Waals surface area contributed by atoms with Crippen LogP contribution >= 0.6 is 22.6 Å². The van der Waals surface area contributed by atoms with Crippen LogP contribution in [0.25, 0.3) is 0 Å². The number of ether oxygens (including phenoxy) is 2. The van der Waals surface area contributed by atoms with Gasteiger partial charge in [0.2, 0.25) is 0 Å². The maximum absolute atomic E-state index is 12.3. The van der Waals surface area contributed by atoms with E-state index in [0.29, 0.717) is 24.1 Å². The van der Waals surface area contributed by atoms with Gasteiger partial charge in [0.05, 0.1) is 6.54 Å². The van der Waals surface area contributed by atoms with Crippen LogP contribution in [-0.4, -0.2) is 62.8 Å². The van der Waals surface area contributed by atoms with Gasteiger partial charge in [0.15, 0.2) is 0 Å². The zero-order chi connectivity index (χ0) is 16.1. The molecule has 0 saturated carbocycles. The van der Waals surface area contributed by atoms with E-state index in [0.717, 1.165) is 0 Å². The van der Waals surface area contributed by atoms with Crippen molar-refractivity contribution in [2.45, 2.75) is 51.4 Å². The first-order valence-corrected chi connectivity index (χ1v) is 8.59. The quantitative estimate of drug-likeness (QED) is 0.493. The average molecular weight is 410 g/mol. The Bertz CT molecular complexity index is 460. The molecule has 0 aromatic rings. The topological polar surface area (TPSA) is 59.1 Å². The lowest BCUT2D eigenvalue weighted by molar-refractivity contribution is -0.0282. The number of carbonyl (C=O) groups excluding carboxylic acids is 2. The number of halogens is 1. The molecule has 7 heteroatoms. The highest BCUT2D eigenvalue weighted by molar-refractivity contribution is 14.1. The maximum Gasteiger partial charge on any atom is 0.411 e. The van der Waals surface area contributed by atoms with E-state index in [9.17, 15) is 9.59 Å². The normalized spacial score (nSPS) is 28.2. The van der Waals surface area contributed by atoms with Crippen molar-refractivity contribution >= 4 is 34.8 Å². The van der Waals surface area contributed by atoms with Gasteiger partial charge >= 0.3 is 12.2 Å². The largest absolute Gasteiger partial charge is 0.444 e. The van der Waals surface area contributed by atoms with E-state index in [1.807, 2.05) is 34.6 Å². The van der Waals surface area contributed by atoms with Crippen LogP contribution in [0.1, 0.15) is 34.6 Å². The molecule has 2 saturated heterocycles. The van der Waals surface area contributed by atoms with Crippen molar-refractivity contribution in [2.75, 3.05) is 24.1 Å². The first-order chi connectivity index (χ1) is 9.52. The van der Waals surface area contributed by atoms with E-state index in [1.54, 1.807) is 9.80 Å². The molecule has 0 N–H and O–H groups in total. The summed E-state index contributed by atoms with van der Waals surface area (Å²) >= 11 is 2.26. The van der Waals surface area contributed by atoms with Crippen LogP contribution in [0.15, 0.2) is 0 Å². The SMILES string of the molecule is CC(C)(C)OC(=O)N1CCN2C(=O)OC(C)(C)C2(CI)C1. The predicted molar refractivity (Wildman–Crippen MR) is 86.7 cm³/mol. The summed E-state index contributed by atoms with van der Waals surface area (Å²) in [6, 6.07) is 0. The van der Waals surface area contributed by atoms with Gasteiger partial charge in [0.25, 0.3) is 0 Å². The molecule has 1 atom stereocenters. The Balaban J connectivity index is 2.23. The van der Waals surface area contributed by atoms with Gasteiger partial charge < -0.3 is 14.4 Å². The van der Waals surface area contributed by atoms with Crippen molar-refractivity contribution in [1.29, 1.82) is 0 Å². The summed E-state index contributed by atoms with van der Waals surface area (Å²) in [6.07, 6.45) is -0.623. The Hall–Kier alpha value is -0.730. The Morgan fingerprint density at radius 1 is 1.38 bits per heavy atom. The van der Waals surface area contributed by atoms with Gasteiger partial charge in [-0.05, 0) is 34.6 Å². The fourth-order valence-electron chi connectivity index (χ4n) is 2.82. The summed E-state index contributed by atoms with van der Waals surface area (Å²) in [5.74, 6) is 0. The minimum absolute atomic E-state index is 0.291. The average Bonchev–Trinajstić information content (AvgIpc) is 2.54. The fourth-order valence-corrected chi connectivity index (χ4v) is 4.39. The minimum Gasteiger partial charge on any atom is -0.444 e. The Morgan fingerprint density at radius 2 is 2.00 bits per heavy atom. The number of rotatable bonds is 1. The van der Waals surface area contributed by atoms with E-state index in [1.165, 1.54) is 0 Å². The lowest BCUT2D eigenvalue weighted by atomic mass is 9.82. The van der Waals surface area contributed by atoms with Crippen LogP contribution in [0.4, 0.5) is 9.59 Å². The molecular formula is C14H23IN2O4. The zero-order valence-corrected chi connectivity index (χ0v) is 15.4. The van der Waals surface area contributed by atoms with Crippen LogP contribution in [0, 0.1) is 0 Å². The lowest BCUT2D eigenvalue weighted by Crippen LogP contribution is -2.68. The van der Waals surface area contributed by atoms with E-state index < -0.39 is 16.7 Å². The molecule has 2 amide bonds. The lowest BCUT2D eigenvalue weighted by Gasteiger charge is -2.48. The van der Waals surface area contributed by atoms with Crippen molar-refractivity contribution in [3.63, 3.8) is 0 Å². The molecule has 2 aliphatic rings. The molecule has 0 aromatic carbocycles. The molecule has 0 bridgehead atoms. The van der Waals surface area contributed by atoms with Gasteiger partial charge in [-0.15, -0.1) is 0 Å². The second-order valence-corrected chi connectivity index (χ2v) is 7.86. The second-order valence-electron chi connectivity index (χ2n) is 7.10. The minimum atomic E-state index is -0.633. The van der Waals surface area contributed by atoms with Gasteiger partial charge in [0.1, 0.15) is 16.7 Å². The third kappa shape index (κ3) is 2.80. The highest BCUT2D eigenvalue weighted by Gasteiger charge is 2.62. The van der Waals surface area contributed by atoms with Crippen molar-refractivity contribution in [2.24, 2.45) is 0 Å². The Kier molecular flexibility index (Phi) is 4.10. The van der Waals surface area contributed by atoms with Crippen LogP contribution in [0.2, 0.25) is 0 Å². The Labute approximate surface area is 139 Å². The number of fused-ring (bicyclic) bond motifs is 1. The summed E-state index contributed by atoms with van der Waals surface area (Å²) in [5, 5.41) is 0. The van der Waals surface area contributed by atoms with Gasteiger partial charge in [-0.1, -0.05) is 22.6 Å². The molecule has 21 heavy (non-hydrogen) atoms. The first-order valence-electron chi connectivity index (χ1n) is 7.07.